The minimum absolute atomic E-state index is 0.104. The molecule has 2 aromatic carbocycles. The molecule has 7 nitrogen and oxygen atoms in total. The van der Waals surface area contributed by atoms with Gasteiger partial charge in [0.2, 0.25) is 0 Å². The van der Waals surface area contributed by atoms with Gasteiger partial charge in [0, 0.05) is 41.4 Å². The Morgan fingerprint density at radius 1 is 1.12 bits per heavy atom. The van der Waals surface area contributed by atoms with E-state index in [1.165, 1.54) is 10.9 Å². The zero-order valence-corrected chi connectivity index (χ0v) is 18.7. The maximum Gasteiger partial charge on any atom is 0.275 e. The molecule has 0 spiro atoms. The minimum Gasteiger partial charge on any atom is -0.493 e. The molecule has 0 saturated heterocycles. The van der Waals surface area contributed by atoms with Gasteiger partial charge in [-0.3, -0.25) is 9.48 Å². The monoisotopic (exact) mass is 430 g/mol. The molecule has 1 atom stereocenters. The summed E-state index contributed by atoms with van der Waals surface area (Å²) in [5, 5.41) is 5.64. The van der Waals surface area contributed by atoms with Crippen molar-refractivity contribution in [3.05, 3.63) is 76.7 Å². The normalized spacial score (nSPS) is 15.6. The molecule has 3 heterocycles. The van der Waals surface area contributed by atoms with E-state index >= 15 is 0 Å². The third-order valence-electron chi connectivity index (χ3n) is 6.36. The summed E-state index contributed by atoms with van der Waals surface area (Å²) in [4.78, 5) is 19.2. The molecule has 4 aromatic rings. The molecule has 0 saturated carbocycles. The van der Waals surface area contributed by atoms with Crippen molar-refractivity contribution in [2.45, 2.75) is 19.4 Å². The molecule has 0 bridgehead atoms. The second-order valence-corrected chi connectivity index (χ2v) is 8.09. The van der Waals surface area contributed by atoms with Crippen molar-refractivity contribution >= 4 is 16.8 Å². The first-order valence-corrected chi connectivity index (χ1v) is 10.7. The second-order valence-electron chi connectivity index (χ2n) is 8.09. The van der Waals surface area contributed by atoms with Crippen LogP contribution >= 0.6 is 0 Å². The van der Waals surface area contributed by atoms with Crippen molar-refractivity contribution in [3.8, 4) is 11.5 Å². The molecule has 1 N–H and O–H groups in total. The van der Waals surface area contributed by atoms with Gasteiger partial charge in [-0.1, -0.05) is 30.3 Å². The van der Waals surface area contributed by atoms with Crippen LogP contribution in [0.3, 0.4) is 0 Å². The van der Waals surface area contributed by atoms with Crippen molar-refractivity contribution in [3.63, 3.8) is 0 Å². The van der Waals surface area contributed by atoms with Gasteiger partial charge in [-0.15, -0.1) is 0 Å². The van der Waals surface area contributed by atoms with Crippen LogP contribution in [0, 0.1) is 6.92 Å². The van der Waals surface area contributed by atoms with Crippen molar-refractivity contribution in [1.82, 2.24) is 19.7 Å². The number of ether oxygens (including phenoxy) is 2. The number of carbonyl (C=O) groups excluding carboxylic acids is 1. The van der Waals surface area contributed by atoms with Gasteiger partial charge in [-0.2, -0.15) is 5.10 Å². The van der Waals surface area contributed by atoms with E-state index in [9.17, 15) is 4.79 Å². The van der Waals surface area contributed by atoms with E-state index in [0.29, 0.717) is 23.7 Å². The quantitative estimate of drug-likeness (QED) is 0.531. The van der Waals surface area contributed by atoms with Crippen LogP contribution in [0.2, 0.25) is 0 Å². The van der Waals surface area contributed by atoms with Gasteiger partial charge in [-0.25, -0.2) is 0 Å². The average molecular weight is 431 g/mol. The van der Waals surface area contributed by atoms with E-state index in [1.807, 2.05) is 55.3 Å². The first-order valence-electron chi connectivity index (χ1n) is 10.7. The van der Waals surface area contributed by atoms with E-state index in [1.54, 1.807) is 18.9 Å². The molecule has 0 aliphatic carbocycles. The molecule has 0 fully saturated rings. The smallest absolute Gasteiger partial charge is 0.275 e. The lowest BCUT2D eigenvalue weighted by Gasteiger charge is -2.36. The van der Waals surface area contributed by atoms with Crippen LogP contribution in [0.15, 0.2) is 48.5 Å². The maximum absolute atomic E-state index is 13.7. The topological polar surface area (TPSA) is 72.4 Å². The van der Waals surface area contributed by atoms with Crippen LogP contribution in [0.25, 0.3) is 10.9 Å². The van der Waals surface area contributed by atoms with E-state index < -0.39 is 0 Å². The number of benzene rings is 2. The number of para-hydroxylation sites is 2. The van der Waals surface area contributed by atoms with Crippen LogP contribution in [0.4, 0.5) is 0 Å². The number of fused-ring (bicyclic) bond motifs is 3. The first-order chi connectivity index (χ1) is 15.5. The van der Waals surface area contributed by atoms with Crippen molar-refractivity contribution in [1.29, 1.82) is 0 Å². The van der Waals surface area contributed by atoms with Crippen LogP contribution in [0.1, 0.15) is 39.0 Å². The van der Waals surface area contributed by atoms with Gasteiger partial charge < -0.3 is 19.4 Å². The number of aromatic amines is 1. The average Bonchev–Trinajstić information content (AvgIpc) is 3.36. The van der Waals surface area contributed by atoms with Crippen LogP contribution in [-0.2, 0) is 13.5 Å². The van der Waals surface area contributed by atoms with Gasteiger partial charge in [0.15, 0.2) is 17.2 Å². The van der Waals surface area contributed by atoms with E-state index in [0.717, 1.165) is 28.9 Å². The number of aryl methyl sites for hydroxylation is 2. The summed E-state index contributed by atoms with van der Waals surface area (Å²) in [6.07, 6.45) is 0.764. The van der Waals surface area contributed by atoms with Gasteiger partial charge in [0.1, 0.15) is 6.04 Å². The summed E-state index contributed by atoms with van der Waals surface area (Å²) in [5.74, 6) is 1.16. The molecular formula is C25H26N4O3. The highest BCUT2D eigenvalue weighted by molar-refractivity contribution is 5.94. The number of hydrogen-bond acceptors (Lipinski definition) is 4. The predicted octanol–water partition coefficient (Wildman–Crippen LogP) is 4.01. The van der Waals surface area contributed by atoms with Crippen molar-refractivity contribution in [2.75, 3.05) is 20.8 Å². The Balaban J connectivity index is 1.72. The molecule has 164 valence electrons. The molecule has 1 amide bonds. The molecule has 1 aliphatic heterocycles. The highest BCUT2D eigenvalue weighted by atomic mass is 16.5. The predicted molar refractivity (Wildman–Crippen MR) is 122 cm³/mol. The Hall–Kier alpha value is -3.74. The number of nitrogens with zero attached hydrogens (tertiary/aromatic N) is 3. The molecule has 32 heavy (non-hydrogen) atoms. The fourth-order valence-corrected chi connectivity index (χ4v) is 4.72. The zero-order chi connectivity index (χ0) is 22.4. The molecule has 1 aliphatic rings. The van der Waals surface area contributed by atoms with E-state index in [-0.39, 0.29) is 11.9 Å². The number of rotatable bonds is 4. The third kappa shape index (κ3) is 3.04. The Morgan fingerprint density at radius 3 is 2.66 bits per heavy atom. The summed E-state index contributed by atoms with van der Waals surface area (Å²) in [5.41, 5.74) is 5.55. The summed E-state index contributed by atoms with van der Waals surface area (Å²) < 4.78 is 13.1. The zero-order valence-electron chi connectivity index (χ0n) is 18.7. The second kappa shape index (κ2) is 7.75. The Labute approximate surface area is 186 Å². The fourth-order valence-electron chi connectivity index (χ4n) is 4.72. The van der Waals surface area contributed by atoms with E-state index in [4.69, 9.17) is 9.47 Å². The molecular weight excluding hydrogens is 404 g/mol. The summed E-state index contributed by atoms with van der Waals surface area (Å²) in [6.45, 7) is 2.52. The minimum atomic E-state index is -0.356. The lowest BCUT2D eigenvalue weighted by molar-refractivity contribution is 0.0683. The van der Waals surface area contributed by atoms with Crippen molar-refractivity contribution < 1.29 is 14.3 Å². The fraction of sp³-hybridized carbons (Fsp3) is 0.280. The molecule has 0 radical (unpaired) electrons. The summed E-state index contributed by atoms with van der Waals surface area (Å²) >= 11 is 0. The lowest BCUT2D eigenvalue weighted by Crippen LogP contribution is -2.41. The number of H-pyrrole nitrogens is 1. The SMILES string of the molecule is COc1cccc([C@@H]2c3[nH]c4ccccc4c3CCN2C(=O)c2cc(C)n(C)n2)c1OC. The maximum atomic E-state index is 13.7. The Morgan fingerprint density at radius 2 is 1.94 bits per heavy atom. The van der Waals surface area contributed by atoms with Gasteiger partial charge in [0.05, 0.1) is 14.2 Å². The number of aromatic nitrogens is 3. The van der Waals surface area contributed by atoms with Crippen LogP contribution in [0.5, 0.6) is 11.5 Å². The Bertz CT molecular complexity index is 1300. The van der Waals surface area contributed by atoms with Crippen LogP contribution in [-0.4, -0.2) is 46.3 Å². The number of hydrogen-bond donors (Lipinski definition) is 1. The third-order valence-corrected chi connectivity index (χ3v) is 6.36. The summed E-state index contributed by atoms with van der Waals surface area (Å²) in [7, 11) is 5.10. The number of nitrogens with one attached hydrogen (secondary N) is 1. The van der Waals surface area contributed by atoms with E-state index in [2.05, 4.69) is 22.2 Å². The van der Waals surface area contributed by atoms with Gasteiger partial charge >= 0.3 is 0 Å². The number of carbonyl (C=O) groups is 1. The number of methoxy groups -OCH3 is 2. The van der Waals surface area contributed by atoms with Crippen LogP contribution < -0.4 is 9.47 Å². The molecule has 2 aromatic heterocycles. The highest BCUT2D eigenvalue weighted by Gasteiger charge is 2.37. The first kappa shape index (κ1) is 20.2. The highest BCUT2D eigenvalue weighted by Crippen LogP contribution is 2.44. The Kier molecular flexibility index (Phi) is 4.89. The van der Waals surface area contributed by atoms with Crippen molar-refractivity contribution in [2.24, 2.45) is 7.05 Å². The van der Waals surface area contributed by atoms with Gasteiger partial charge in [0.25, 0.3) is 5.91 Å². The summed E-state index contributed by atoms with van der Waals surface area (Å²) in [6, 6.07) is 15.5. The lowest BCUT2D eigenvalue weighted by atomic mass is 9.91. The molecule has 0 unspecified atom stereocenters. The van der Waals surface area contributed by atoms with Gasteiger partial charge in [-0.05, 0) is 37.1 Å². The largest absolute Gasteiger partial charge is 0.493 e. The molecule has 7 heteroatoms. The standard InChI is InChI=1S/C25H26N4O3/c1-15-14-20(27-28(15)2)25(30)29-13-12-17-16-8-5-6-10-19(16)26-22(17)23(29)18-9-7-11-21(31-3)24(18)32-4/h5-11,14,23,26H,12-13H2,1-4H3/t23-/m1/s1. The number of amides is 1. The molecule has 5 rings (SSSR count).